The first-order valence-electron chi connectivity index (χ1n) is 9.88. The fourth-order valence-corrected chi connectivity index (χ4v) is 4.71. The molecule has 4 aromatic carbocycles. The first-order valence-corrected chi connectivity index (χ1v) is 10.7. The van der Waals surface area contributed by atoms with Gasteiger partial charge in [-0.3, -0.25) is 0 Å². The molecule has 0 unspecified atom stereocenters. The Morgan fingerprint density at radius 3 is 2.00 bits per heavy atom. The van der Waals surface area contributed by atoms with Gasteiger partial charge in [0, 0.05) is 21.2 Å². The molecule has 0 spiro atoms. The quantitative estimate of drug-likeness (QED) is 0.173. The van der Waals surface area contributed by atoms with Crippen LogP contribution in [0.2, 0.25) is 0 Å². The Kier molecular flexibility index (Phi) is 4.73. The number of aryl methyl sites for hydroxylation is 2. The summed E-state index contributed by atoms with van der Waals surface area (Å²) >= 11 is 11.0. The third-order valence-electron chi connectivity index (χ3n) is 5.55. The minimum absolute atomic E-state index is 0.780. The van der Waals surface area contributed by atoms with Gasteiger partial charge in [-0.1, -0.05) is 84.0 Å². The Bertz CT molecular complexity index is 1460. The van der Waals surface area contributed by atoms with E-state index >= 15 is 0 Å². The zero-order valence-electron chi connectivity index (χ0n) is 16.8. The number of hydrogen-bond donors (Lipinski definition) is 1. The minimum Gasteiger partial charge on any atom is -0.456 e. The lowest BCUT2D eigenvalue weighted by Gasteiger charge is -2.16. The molecule has 0 fully saturated rings. The number of fused-ring (bicyclic) bond motifs is 2. The first kappa shape index (κ1) is 19.1. The molecule has 1 heterocycles. The average Bonchev–Trinajstić information content (AvgIpc) is 2.76. The Morgan fingerprint density at radius 2 is 1.33 bits per heavy atom. The number of benzene rings is 4. The molecule has 0 saturated heterocycles. The summed E-state index contributed by atoms with van der Waals surface area (Å²) in [5, 5.41) is 1.89. The predicted octanol–water partition coefficient (Wildman–Crippen LogP) is 8.56. The molecule has 0 aliphatic rings. The van der Waals surface area contributed by atoms with Crippen molar-refractivity contribution in [2.24, 2.45) is 0 Å². The molecule has 30 heavy (non-hydrogen) atoms. The van der Waals surface area contributed by atoms with E-state index in [9.17, 15) is 0 Å². The highest BCUT2D eigenvalue weighted by Gasteiger charge is 2.18. The Morgan fingerprint density at radius 1 is 0.733 bits per heavy atom. The van der Waals surface area contributed by atoms with Crippen molar-refractivity contribution in [2.45, 2.75) is 18.7 Å². The molecule has 0 aliphatic heterocycles. The molecule has 0 saturated carbocycles. The summed E-state index contributed by atoms with van der Waals surface area (Å²) in [6.07, 6.45) is 0. The van der Waals surface area contributed by atoms with Crippen molar-refractivity contribution >= 4 is 46.8 Å². The largest absolute Gasteiger partial charge is 0.456 e. The van der Waals surface area contributed by atoms with Crippen LogP contribution in [0.1, 0.15) is 11.1 Å². The molecule has 0 bridgehead atoms. The third-order valence-corrected chi connectivity index (χ3v) is 6.43. The van der Waals surface area contributed by atoms with E-state index in [0.717, 1.165) is 53.6 Å². The average molecular weight is 425 g/mol. The molecule has 0 N–H and O–H groups in total. The van der Waals surface area contributed by atoms with Crippen molar-refractivity contribution in [1.29, 1.82) is 0 Å². The van der Waals surface area contributed by atoms with Crippen molar-refractivity contribution in [3.05, 3.63) is 94.5 Å². The molecule has 5 aromatic rings. The molecule has 0 atom stereocenters. The first-order chi connectivity index (χ1) is 14.5. The highest BCUT2D eigenvalue weighted by Crippen LogP contribution is 2.43. The SMILES string of the molecule is Cc1ccc(-c2cc3oc4ccccc4c(=S)c3c(-c3ccc(C)cc3)c2S)cc1. The highest BCUT2D eigenvalue weighted by atomic mass is 32.1. The van der Waals surface area contributed by atoms with Gasteiger partial charge in [0.2, 0.25) is 0 Å². The van der Waals surface area contributed by atoms with E-state index in [2.05, 4.69) is 68.4 Å². The van der Waals surface area contributed by atoms with E-state index in [-0.39, 0.29) is 0 Å². The van der Waals surface area contributed by atoms with Crippen molar-refractivity contribution in [3.63, 3.8) is 0 Å². The Balaban J connectivity index is 1.95. The van der Waals surface area contributed by atoms with Gasteiger partial charge in [0.15, 0.2) is 0 Å². The van der Waals surface area contributed by atoms with E-state index in [4.69, 9.17) is 29.3 Å². The summed E-state index contributed by atoms with van der Waals surface area (Å²) in [6, 6.07) is 27.0. The monoisotopic (exact) mass is 424 g/mol. The Labute approximate surface area is 186 Å². The van der Waals surface area contributed by atoms with Crippen molar-refractivity contribution < 1.29 is 4.42 Å². The van der Waals surface area contributed by atoms with Gasteiger partial charge in [0.05, 0.1) is 4.51 Å². The summed E-state index contributed by atoms with van der Waals surface area (Å²) in [7, 11) is 0. The zero-order chi connectivity index (χ0) is 20.8. The summed E-state index contributed by atoms with van der Waals surface area (Å²) in [6.45, 7) is 4.18. The standard InChI is InChI=1S/C27H20OS2/c1-16-7-11-18(12-8-16)21-15-23-25(26(29)20-5-3-4-6-22(20)28-23)24(27(21)30)19-13-9-17(2)10-14-19/h3-15,30H,1-2H3. The van der Waals surface area contributed by atoms with Crippen LogP contribution in [0.5, 0.6) is 0 Å². The van der Waals surface area contributed by atoms with Crippen LogP contribution in [-0.4, -0.2) is 0 Å². The lowest BCUT2D eigenvalue weighted by atomic mass is 9.93. The summed E-state index contributed by atoms with van der Waals surface area (Å²) in [5.74, 6) is 0. The molecule has 0 amide bonds. The maximum absolute atomic E-state index is 6.35. The molecule has 1 nitrogen and oxygen atoms in total. The van der Waals surface area contributed by atoms with E-state index in [1.165, 1.54) is 11.1 Å². The van der Waals surface area contributed by atoms with Crippen LogP contribution in [0.3, 0.4) is 0 Å². The fraction of sp³-hybridized carbons (Fsp3) is 0.0741. The third kappa shape index (κ3) is 3.15. The van der Waals surface area contributed by atoms with Crippen molar-refractivity contribution in [3.8, 4) is 22.3 Å². The summed E-state index contributed by atoms with van der Waals surface area (Å²) in [5.41, 5.74) is 8.26. The number of rotatable bonds is 2. The lowest BCUT2D eigenvalue weighted by molar-refractivity contribution is 0.660. The van der Waals surface area contributed by atoms with Gasteiger partial charge in [-0.25, -0.2) is 0 Å². The van der Waals surface area contributed by atoms with E-state index < -0.39 is 0 Å². The normalized spacial score (nSPS) is 11.3. The molecule has 0 radical (unpaired) electrons. The van der Waals surface area contributed by atoms with Gasteiger partial charge in [0.1, 0.15) is 11.2 Å². The van der Waals surface area contributed by atoms with E-state index in [1.54, 1.807) is 0 Å². The van der Waals surface area contributed by atoms with Crippen LogP contribution in [0.15, 0.2) is 88.2 Å². The number of hydrogen-bond acceptors (Lipinski definition) is 3. The topological polar surface area (TPSA) is 13.1 Å². The highest BCUT2D eigenvalue weighted by molar-refractivity contribution is 7.80. The van der Waals surface area contributed by atoms with Crippen LogP contribution in [0.4, 0.5) is 0 Å². The molecular weight excluding hydrogens is 404 g/mol. The van der Waals surface area contributed by atoms with Crippen LogP contribution < -0.4 is 0 Å². The molecule has 5 rings (SSSR count). The van der Waals surface area contributed by atoms with E-state index in [1.807, 2.05) is 24.3 Å². The second-order valence-electron chi connectivity index (χ2n) is 7.68. The van der Waals surface area contributed by atoms with Gasteiger partial charge >= 0.3 is 0 Å². The zero-order valence-corrected chi connectivity index (χ0v) is 18.5. The van der Waals surface area contributed by atoms with Gasteiger partial charge in [0.25, 0.3) is 0 Å². The van der Waals surface area contributed by atoms with Crippen molar-refractivity contribution in [2.75, 3.05) is 0 Å². The summed E-state index contributed by atoms with van der Waals surface area (Å²) < 4.78 is 7.15. The fourth-order valence-electron chi connectivity index (χ4n) is 3.90. The van der Waals surface area contributed by atoms with Crippen LogP contribution in [-0.2, 0) is 0 Å². The number of thiol groups is 1. The summed E-state index contributed by atoms with van der Waals surface area (Å²) in [4.78, 5) is 0.909. The maximum atomic E-state index is 6.35. The minimum atomic E-state index is 0.780. The smallest absolute Gasteiger partial charge is 0.137 e. The van der Waals surface area contributed by atoms with Crippen molar-refractivity contribution in [1.82, 2.24) is 0 Å². The number of para-hydroxylation sites is 1. The molecule has 1 aromatic heterocycles. The Hall–Kier alpha value is -2.88. The van der Waals surface area contributed by atoms with Gasteiger partial charge in [-0.2, -0.15) is 0 Å². The maximum Gasteiger partial charge on any atom is 0.137 e. The van der Waals surface area contributed by atoms with E-state index in [0.29, 0.717) is 0 Å². The second kappa shape index (κ2) is 7.42. The van der Waals surface area contributed by atoms with Gasteiger partial charge in [-0.15, -0.1) is 12.6 Å². The molecule has 3 heteroatoms. The predicted molar refractivity (Wildman–Crippen MR) is 132 cm³/mol. The molecule has 146 valence electrons. The van der Waals surface area contributed by atoms with Crippen LogP contribution >= 0.6 is 24.8 Å². The molecule has 0 aliphatic carbocycles. The molecular formula is C27H20OS2. The van der Waals surface area contributed by atoms with Gasteiger partial charge in [-0.05, 0) is 48.7 Å². The van der Waals surface area contributed by atoms with Crippen LogP contribution in [0.25, 0.3) is 44.2 Å². The van der Waals surface area contributed by atoms with Gasteiger partial charge < -0.3 is 4.42 Å². The second-order valence-corrected chi connectivity index (χ2v) is 8.54. The lowest BCUT2D eigenvalue weighted by Crippen LogP contribution is -1.91. The van der Waals surface area contributed by atoms with Crippen LogP contribution in [0, 0.1) is 18.4 Å².